The van der Waals surface area contributed by atoms with Crippen molar-refractivity contribution in [1.82, 2.24) is 0 Å². The predicted octanol–water partition coefficient (Wildman–Crippen LogP) is 3.35. The lowest BCUT2D eigenvalue weighted by atomic mass is 10.2. The van der Waals surface area contributed by atoms with Gasteiger partial charge < -0.3 is 0 Å². The van der Waals surface area contributed by atoms with Crippen LogP contribution in [0.5, 0.6) is 0 Å². The second-order valence-electron chi connectivity index (χ2n) is 2.32. The van der Waals surface area contributed by atoms with Crippen LogP contribution in [0, 0.1) is 0 Å². The van der Waals surface area contributed by atoms with Gasteiger partial charge in [-0.15, -0.1) is 0 Å². The Morgan fingerprint density at radius 3 is 1.88 bits per heavy atom. The maximum atomic E-state index is 3.70. The van der Waals surface area contributed by atoms with E-state index in [-0.39, 0.29) is 0 Å². The van der Waals surface area contributed by atoms with Crippen LogP contribution >= 0.6 is 22.1 Å². The van der Waals surface area contributed by atoms with E-state index in [0.717, 1.165) is 0 Å². The molecule has 0 spiro atoms. The Labute approximate surface area is 60.5 Å². The lowest BCUT2D eigenvalue weighted by molar-refractivity contribution is 0.726. The maximum absolute atomic E-state index is 3.70. The second-order valence-corrected chi connectivity index (χ2v) is 7.15. The van der Waals surface area contributed by atoms with E-state index in [0.29, 0.717) is 6.62 Å². The molecule has 0 amide bonds. The third-order valence-electron chi connectivity index (χ3n) is 1.55. The summed E-state index contributed by atoms with van der Waals surface area (Å²) in [6.07, 6.45) is 8.83. The summed E-state index contributed by atoms with van der Waals surface area (Å²) >= 11 is 3.70. The molecule has 2 heteroatoms. The van der Waals surface area contributed by atoms with Crippen LogP contribution in [-0.2, 0) is 0 Å². The van der Waals surface area contributed by atoms with Crippen molar-refractivity contribution in [2.24, 2.45) is 0 Å². The summed E-state index contributed by atoms with van der Waals surface area (Å²) in [4.78, 5) is 0. The minimum Gasteiger partial charge on any atom is -0.0605 e. The van der Waals surface area contributed by atoms with E-state index >= 15 is 0 Å². The van der Waals surface area contributed by atoms with Crippen molar-refractivity contribution in [3.8, 4) is 0 Å². The molecule has 0 aliphatic carbocycles. The van der Waals surface area contributed by atoms with Gasteiger partial charge in [-0.25, -0.2) is 0 Å². The second kappa shape index (κ2) is 3.85. The Kier molecular flexibility index (Phi) is 3.38. The molecule has 0 aromatic rings. The minimum absolute atomic E-state index is 0.294. The van der Waals surface area contributed by atoms with Gasteiger partial charge in [-0.2, -0.15) is 0 Å². The average molecular weight is 195 g/mol. The molecule has 1 heterocycles. The molecule has 0 N–H and O–H groups in total. The normalized spacial score (nSPS) is 25.1. The van der Waals surface area contributed by atoms with Crippen LogP contribution in [0.4, 0.5) is 0 Å². The quantitative estimate of drug-likeness (QED) is 0.520. The van der Waals surface area contributed by atoms with Gasteiger partial charge in [-0.05, 0) is 31.8 Å². The summed E-state index contributed by atoms with van der Waals surface area (Å²) in [6.45, 7) is 0.294. The topological polar surface area (TPSA) is 0 Å². The summed E-state index contributed by atoms with van der Waals surface area (Å²) in [5.74, 6) is 0. The van der Waals surface area contributed by atoms with Crippen molar-refractivity contribution in [2.45, 2.75) is 25.7 Å². The van der Waals surface area contributed by atoms with Crippen LogP contribution in [0.2, 0.25) is 0 Å². The Balaban J connectivity index is 2.17. The molecule has 1 saturated heterocycles. The average Bonchev–Trinajstić information content (AvgIpc) is 1.94. The van der Waals surface area contributed by atoms with E-state index < -0.39 is 0 Å². The van der Waals surface area contributed by atoms with E-state index in [1.807, 2.05) is 0 Å². The SMILES string of the molecule is BrP1CCCCCC1. The molecule has 0 saturated carbocycles. The van der Waals surface area contributed by atoms with Crippen LogP contribution in [-0.4, -0.2) is 12.3 Å². The zero-order valence-corrected chi connectivity index (χ0v) is 7.55. The van der Waals surface area contributed by atoms with Crippen LogP contribution in [0.1, 0.15) is 25.7 Å². The highest BCUT2D eigenvalue weighted by molar-refractivity contribution is 9.39. The van der Waals surface area contributed by atoms with Gasteiger partial charge in [-0.3, -0.25) is 0 Å². The van der Waals surface area contributed by atoms with E-state index in [1.165, 1.54) is 38.0 Å². The third-order valence-corrected chi connectivity index (χ3v) is 5.28. The fourth-order valence-corrected chi connectivity index (χ4v) is 3.89. The van der Waals surface area contributed by atoms with Crippen molar-refractivity contribution < 1.29 is 0 Å². The summed E-state index contributed by atoms with van der Waals surface area (Å²) in [6, 6.07) is 0. The van der Waals surface area contributed by atoms with Gasteiger partial charge in [0.05, 0.1) is 0 Å². The van der Waals surface area contributed by atoms with Crippen molar-refractivity contribution in [1.29, 1.82) is 0 Å². The van der Waals surface area contributed by atoms with Gasteiger partial charge in [0.2, 0.25) is 0 Å². The monoisotopic (exact) mass is 194 g/mol. The summed E-state index contributed by atoms with van der Waals surface area (Å²) in [5.41, 5.74) is 0. The number of rotatable bonds is 0. The van der Waals surface area contributed by atoms with Gasteiger partial charge in [0.15, 0.2) is 0 Å². The van der Waals surface area contributed by atoms with Gasteiger partial charge in [0, 0.05) is 0 Å². The molecule has 0 unspecified atom stereocenters. The Morgan fingerprint density at radius 2 is 1.38 bits per heavy atom. The van der Waals surface area contributed by atoms with Crippen molar-refractivity contribution in [3.63, 3.8) is 0 Å². The summed E-state index contributed by atoms with van der Waals surface area (Å²) in [7, 11) is 0. The molecule has 0 nitrogen and oxygen atoms in total. The number of halogens is 1. The Hall–Kier alpha value is 0.910. The highest BCUT2D eigenvalue weighted by Gasteiger charge is 2.06. The minimum atomic E-state index is 0.294. The fraction of sp³-hybridized carbons (Fsp3) is 1.00. The van der Waals surface area contributed by atoms with Gasteiger partial charge >= 0.3 is 0 Å². The van der Waals surface area contributed by atoms with Crippen molar-refractivity contribution >= 4 is 22.1 Å². The molecule has 0 bridgehead atoms. The van der Waals surface area contributed by atoms with E-state index in [1.54, 1.807) is 0 Å². The third kappa shape index (κ3) is 2.46. The molecule has 0 aromatic heterocycles. The summed E-state index contributed by atoms with van der Waals surface area (Å²) < 4.78 is 0. The molecule has 1 aliphatic heterocycles. The number of hydrogen-bond donors (Lipinski definition) is 0. The Morgan fingerprint density at radius 1 is 0.875 bits per heavy atom. The van der Waals surface area contributed by atoms with Crippen LogP contribution < -0.4 is 0 Å². The first kappa shape index (κ1) is 7.02. The Bertz CT molecular complexity index is 57.5. The first-order valence-corrected chi connectivity index (χ1v) is 7.03. The van der Waals surface area contributed by atoms with Gasteiger partial charge in [0.25, 0.3) is 0 Å². The van der Waals surface area contributed by atoms with Crippen molar-refractivity contribution in [2.75, 3.05) is 12.3 Å². The molecule has 0 atom stereocenters. The lowest BCUT2D eigenvalue weighted by Gasteiger charge is -2.01. The highest BCUT2D eigenvalue weighted by Crippen LogP contribution is 2.47. The van der Waals surface area contributed by atoms with Crippen LogP contribution in [0.15, 0.2) is 0 Å². The van der Waals surface area contributed by atoms with Gasteiger partial charge in [0.1, 0.15) is 0 Å². The predicted molar refractivity (Wildman–Crippen MR) is 44.0 cm³/mol. The first-order valence-electron chi connectivity index (χ1n) is 3.30. The molecular formula is C6H12BrP. The van der Waals surface area contributed by atoms with Gasteiger partial charge in [-0.1, -0.05) is 28.3 Å². The zero-order chi connectivity index (χ0) is 5.82. The summed E-state index contributed by atoms with van der Waals surface area (Å²) in [5, 5.41) is 0. The van der Waals surface area contributed by atoms with E-state index in [2.05, 4.69) is 15.5 Å². The molecule has 48 valence electrons. The molecule has 1 rings (SSSR count). The zero-order valence-electron chi connectivity index (χ0n) is 5.07. The highest BCUT2D eigenvalue weighted by atomic mass is 79.9. The molecule has 1 aliphatic rings. The number of hydrogen-bond acceptors (Lipinski definition) is 0. The standard InChI is InChI=1S/C6H12BrP/c7-8-5-3-1-2-4-6-8/h1-6H2. The smallest absolute Gasteiger partial charge is 0.0227 e. The molecule has 8 heavy (non-hydrogen) atoms. The van der Waals surface area contributed by atoms with E-state index in [4.69, 9.17) is 0 Å². The largest absolute Gasteiger partial charge is 0.0605 e. The van der Waals surface area contributed by atoms with E-state index in [9.17, 15) is 0 Å². The lowest BCUT2D eigenvalue weighted by Crippen LogP contribution is -1.75. The first-order chi connectivity index (χ1) is 3.89. The molecule has 0 aromatic carbocycles. The van der Waals surface area contributed by atoms with Crippen LogP contribution in [0.25, 0.3) is 0 Å². The molecule has 0 radical (unpaired) electrons. The maximum Gasteiger partial charge on any atom is -0.0227 e. The molecular weight excluding hydrogens is 183 g/mol. The fourth-order valence-electron chi connectivity index (χ4n) is 1.03. The van der Waals surface area contributed by atoms with Crippen LogP contribution in [0.3, 0.4) is 0 Å². The van der Waals surface area contributed by atoms with Crippen molar-refractivity contribution in [3.05, 3.63) is 0 Å². The molecule has 1 fully saturated rings.